The van der Waals surface area contributed by atoms with Crippen molar-refractivity contribution in [3.05, 3.63) is 65.9 Å². The van der Waals surface area contributed by atoms with Gasteiger partial charge in [-0.05, 0) is 62.3 Å². The predicted octanol–water partition coefficient (Wildman–Crippen LogP) is 6.24. The van der Waals surface area contributed by atoms with E-state index in [-0.39, 0.29) is 0 Å². The molecule has 28 heavy (non-hydrogen) atoms. The lowest BCUT2D eigenvalue weighted by atomic mass is 10.1. The minimum Gasteiger partial charge on any atom is -0.382 e. The van der Waals surface area contributed by atoms with Crippen LogP contribution in [-0.4, -0.2) is 19.1 Å². The Bertz CT molecular complexity index is 790. The van der Waals surface area contributed by atoms with E-state index in [4.69, 9.17) is 0 Å². The molecule has 1 fully saturated rings. The Hall–Kier alpha value is -2.42. The van der Waals surface area contributed by atoms with Gasteiger partial charge in [0.1, 0.15) is 0 Å². The highest BCUT2D eigenvalue weighted by Crippen LogP contribution is 2.33. The normalized spacial score (nSPS) is 15.7. The van der Waals surface area contributed by atoms with Gasteiger partial charge in [0.05, 0.1) is 11.4 Å². The lowest BCUT2D eigenvalue weighted by molar-refractivity contribution is 0.745. The van der Waals surface area contributed by atoms with Crippen LogP contribution in [0.3, 0.4) is 0 Å². The van der Waals surface area contributed by atoms with Gasteiger partial charge in [0, 0.05) is 30.5 Å². The van der Waals surface area contributed by atoms with Gasteiger partial charge in [-0.2, -0.15) is 0 Å². The van der Waals surface area contributed by atoms with E-state index in [2.05, 4.69) is 79.8 Å². The summed E-state index contributed by atoms with van der Waals surface area (Å²) in [7, 11) is 0. The van der Waals surface area contributed by atoms with Gasteiger partial charge in [-0.15, -0.1) is 0 Å². The molecule has 0 unspecified atom stereocenters. The van der Waals surface area contributed by atoms with Gasteiger partial charge in [-0.3, -0.25) is 0 Å². The second-order valence-electron chi connectivity index (χ2n) is 8.10. The molecular formula is C25H35N3. The molecule has 1 saturated carbocycles. The fourth-order valence-electron chi connectivity index (χ4n) is 3.66. The second kappa shape index (κ2) is 9.18. The molecule has 0 saturated heterocycles. The van der Waals surface area contributed by atoms with Crippen LogP contribution in [0.15, 0.2) is 60.4 Å². The highest BCUT2D eigenvalue weighted by Gasteiger charge is 2.22. The molecule has 0 heterocycles. The number of rotatable bonds is 11. The van der Waals surface area contributed by atoms with Crippen molar-refractivity contribution in [1.29, 1.82) is 0 Å². The van der Waals surface area contributed by atoms with Crippen molar-refractivity contribution in [2.45, 2.75) is 58.9 Å². The standard InChI is InChI=1S/C25H35N3/c1-6-14-28(15-7-2)25-13-10-22(19(4)26-23-11-12-23)17-24(25)27-20(5)21-9-8-18(3)16-21/h8-10,13,17,23,26-27H,4-7,11-12,14-16H2,1-3H3. The molecule has 0 aliphatic heterocycles. The first-order valence-electron chi connectivity index (χ1n) is 10.7. The summed E-state index contributed by atoms with van der Waals surface area (Å²) in [5.74, 6) is 0. The molecule has 2 aliphatic rings. The van der Waals surface area contributed by atoms with Gasteiger partial charge in [0.15, 0.2) is 0 Å². The number of benzene rings is 1. The summed E-state index contributed by atoms with van der Waals surface area (Å²) in [4.78, 5) is 2.48. The molecule has 0 spiro atoms. The van der Waals surface area contributed by atoms with Crippen LogP contribution in [0.4, 0.5) is 11.4 Å². The molecule has 0 radical (unpaired) electrons. The quantitative estimate of drug-likeness (QED) is 0.478. The fraction of sp³-hybridized carbons (Fsp3) is 0.440. The Balaban J connectivity index is 1.86. The maximum absolute atomic E-state index is 4.32. The molecule has 2 N–H and O–H groups in total. The van der Waals surface area contributed by atoms with Gasteiger partial charge < -0.3 is 15.5 Å². The van der Waals surface area contributed by atoms with Crippen LogP contribution in [0.5, 0.6) is 0 Å². The zero-order valence-electron chi connectivity index (χ0n) is 17.8. The van der Waals surface area contributed by atoms with Gasteiger partial charge in [0.25, 0.3) is 0 Å². The molecule has 0 amide bonds. The summed E-state index contributed by atoms with van der Waals surface area (Å²) < 4.78 is 0. The van der Waals surface area contributed by atoms with Crippen molar-refractivity contribution in [1.82, 2.24) is 5.32 Å². The van der Waals surface area contributed by atoms with Gasteiger partial charge in [0.2, 0.25) is 0 Å². The molecule has 1 aromatic carbocycles. The van der Waals surface area contributed by atoms with Crippen LogP contribution < -0.4 is 15.5 Å². The molecule has 2 aliphatic carbocycles. The van der Waals surface area contributed by atoms with Crippen molar-refractivity contribution < 1.29 is 0 Å². The summed E-state index contributed by atoms with van der Waals surface area (Å²) in [6.45, 7) is 17.3. The van der Waals surface area contributed by atoms with Crippen molar-refractivity contribution >= 4 is 17.1 Å². The Morgan fingerprint density at radius 1 is 1.07 bits per heavy atom. The number of nitrogens with one attached hydrogen (secondary N) is 2. The average molecular weight is 378 g/mol. The van der Waals surface area contributed by atoms with E-state index in [0.29, 0.717) is 6.04 Å². The van der Waals surface area contributed by atoms with Gasteiger partial charge >= 0.3 is 0 Å². The fourth-order valence-corrected chi connectivity index (χ4v) is 3.66. The molecule has 0 atom stereocenters. The molecule has 1 aromatic rings. The number of anilines is 2. The molecule has 0 aromatic heterocycles. The van der Waals surface area contributed by atoms with Crippen LogP contribution in [0, 0.1) is 0 Å². The van der Waals surface area contributed by atoms with E-state index >= 15 is 0 Å². The van der Waals surface area contributed by atoms with E-state index in [1.165, 1.54) is 29.7 Å². The Kier molecular flexibility index (Phi) is 6.66. The number of nitrogens with zero attached hydrogens (tertiary/aromatic N) is 1. The van der Waals surface area contributed by atoms with Gasteiger partial charge in [-0.1, -0.05) is 50.8 Å². The van der Waals surface area contributed by atoms with E-state index in [0.717, 1.165) is 55.0 Å². The van der Waals surface area contributed by atoms with E-state index in [1.807, 2.05) is 0 Å². The Labute approximate surface area is 170 Å². The van der Waals surface area contributed by atoms with Crippen molar-refractivity contribution in [2.75, 3.05) is 23.3 Å². The van der Waals surface area contributed by atoms with Crippen LogP contribution in [0.1, 0.15) is 58.4 Å². The Morgan fingerprint density at radius 2 is 1.79 bits per heavy atom. The monoisotopic (exact) mass is 377 g/mol. The van der Waals surface area contributed by atoms with Crippen LogP contribution in [0.25, 0.3) is 5.70 Å². The largest absolute Gasteiger partial charge is 0.382 e. The lowest BCUT2D eigenvalue weighted by Gasteiger charge is -2.28. The van der Waals surface area contributed by atoms with E-state index in [9.17, 15) is 0 Å². The maximum Gasteiger partial charge on any atom is 0.0628 e. The molecule has 3 heteroatoms. The number of allylic oxidation sites excluding steroid dienone is 4. The third-order valence-corrected chi connectivity index (χ3v) is 5.34. The van der Waals surface area contributed by atoms with E-state index in [1.54, 1.807) is 0 Å². The third-order valence-electron chi connectivity index (χ3n) is 5.34. The first-order valence-corrected chi connectivity index (χ1v) is 10.7. The zero-order valence-corrected chi connectivity index (χ0v) is 17.8. The summed E-state index contributed by atoms with van der Waals surface area (Å²) in [6, 6.07) is 7.27. The molecular weight excluding hydrogens is 342 g/mol. The smallest absolute Gasteiger partial charge is 0.0628 e. The SMILES string of the molecule is C=C(Nc1cc(C(=C)NC2CC2)ccc1N(CCC)CCC)C1=CC=C(C)C1. The second-order valence-corrected chi connectivity index (χ2v) is 8.10. The first-order chi connectivity index (χ1) is 13.5. The minimum absolute atomic E-state index is 0.605. The number of hydrogen-bond acceptors (Lipinski definition) is 3. The summed E-state index contributed by atoms with van der Waals surface area (Å²) in [5, 5.41) is 7.16. The van der Waals surface area contributed by atoms with Crippen molar-refractivity contribution in [2.24, 2.45) is 0 Å². The third kappa shape index (κ3) is 5.09. The first kappa shape index (κ1) is 20.3. The summed E-state index contributed by atoms with van der Waals surface area (Å²) >= 11 is 0. The van der Waals surface area contributed by atoms with E-state index < -0.39 is 0 Å². The van der Waals surface area contributed by atoms with Crippen LogP contribution in [-0.2, 0) is 0 Å². The summed E-state index contributed by atoms with van der Waals surface area (Å²) in [6.07, 6.45) is 10.1. The zero-order chi connectivity index (χ0) is 20.1. The Morgan fingerprint density at radius 3 is 2.36 bits per heavy atom. The highest BCUT2D eigenvalue weighted by atomic mass is 15.1. The molecule has 150 valence electrons. The molecule has 3 nitrogen and oxygen atoms in total. The van der Waals surface area contributed by atoms with Crippen molar-refractivity contribution in [3.8, 4) is 0 Å². The van der Waals surface area contributed by atoms with Crippen LogP contribution >= 0.6 is 0 Å². The summed E-state index contributed by atoms with van der Waals surface area (Å²) in [5.41, 5.74) is 8.16. The van der Waals surface area contributed by atoms with Crippen LogP contribution in [0.2, 0.25) is 0 Å². The highest BCUT2D eigenvalue weighted by molar-refractivity contribution is 5.78. The van der Waals surface area contributed by atoms with Gasteiger partial charge in [-0.25, -0.2) is 0 Å². The average Bonchev–Trinajstić information content (AvgIpc) is 3.38. The minimum atomic E-state index is 0.605. The van der Waals surface area contributed by atoms with Crippen molar-refractivity contribution in [3.63, 3.8) is 0 Å². The molecule has 3 rings (SSSR count). The maximum atomic E-state index is 4.32. The molecule has 0 bridgehead atoms. The topological polar surface area (TPSA) is 27.3 Å². The predicted molar refractivity (Wildman–Crippen MR) is 124 cm³/mol. The lowest BCUT2D eigenvalue weighted by Crippen LogP contribution is -2.26. The number of hydrogen-bond donors (Lipinski definition) is 2.